The number of nitrogens with zero attached hydrogens (tertiary/aromatic N) is 3. The summed E-state index contributed by atoms with van der Waals surface area (Å²) in [5.74, 6) is 0.320. The van der Waals surface area contributed by atoms with Crippen LogP contribution >= 0.6 is 0 Å². The number of carbonyl (C=O) groups is 1. The number of rotatable bonds is 3. The monoisotopic (exact) mass is 339 g/mol. The molecule has 0 spiro atoms. The highest BCUT2D eigenvalue weighted by atomic mass is 16.2. The van der Waals surface area contributed by atoms with Crippen LogP contribution in [0.15, 0.2) is 36.4 Å². The Morgan fingerprint density at radius 2 is 1.88 bits per heavy atom. The molecule has 2 saturated heterocycles. The number of fused-ring (bicyclic) bond motifs is 1. The van der Waals surface area contributed by atoms with Gasteiger partial charge in [0.05, 0.1) is 11.6 Å². The summed E-state index contributed by atoms with van der Waals surface area (Å²) in [6.07, 6.45) is -0.597. The van der Waals surface area contributed by atoms with Crippen LogP contribution < -0.4 is 26.4 Å². The molecule has 3 atom stereocenters. The first kappa shape index (κ1) is 15.8. The Morgan fingerprint density at radius 1 is 1.16 bits per heavy atom. The van der Waals surface area contributed by atoms with Gasteiger partial charge in [-0.3, -0.25) is 15.1 Å². The van der Waals surface area contributed by atoms with E-state index in [-0.39, 0.29) is 18.0 Å². The average molecular weight is 339 g/mol. The number of carbonyl (C=O) groups excluding carboxylic acids is 1. The smallest absolute Gasteiger partial charge is 0.230 e. The number of hydrogen-bond donors (Lipinski definition) is 4. The molecule has 1 aromatic heterocycles. The second kappa shape index (κ2) is 6.30. The molecule has 4 rings (SSSR count). The largest absolute Gasteiger partial charge is 0.323 e. The van der Waals surface area contributed by atoms with Crippen molar-refractivity contribution >= 4 is 17.5 Å². The molecule has 130 valence electrons. The molecule has 3 unspecified atom stereocenters. The fourth-order valence-electron chi connectivity index (χ4n) is 3.31. The van der Waals surface area contributed by atoms with Gasteiger partial charge < -0.3 is 10.6 Å². The van der Waals surface area contributed by atoms with E-state index in [1.54, 1.807) is 0 Å². The van der Waals surface area contributed by atoms with Crippen molar-refractivity contribution < 1.29 is 4.79 Å². The summed E-state index contributed by atoms with van der Waals surface area (Å²) >= 11 is 0. The van der Waals surface area contributed by atoms with Crippen molar-refractivity contribution in [1.29, 1.82) is 0 Å². The van der Waals surface area contributed by atoms with Crippen molar-refractivity contribution in [3.8, 4) is 0 Å². The lowest BCUT2D eigenvalue weighted by Gasteiger charge is -2.37. The maximum absolute atomic E-state index is 12.5. The second-order valence-electron chi connectivity index (χ2n) is 6.35. The topological polar surface area (TPSA) is 94.2 Å². The molecule has 0 bridgehead atoms. The van der Waals surface area contributed by atoms with Gasteiger partial charge in [0.15, 0.2) is 6.29 Å². The van der Waals surface area contributed by atoms with E-state index < -0.39 is 6.29 Å². The highest BCUT2D eigenvalue weighted by Gasteiger charge is 2.44. The molecule has 2 fully saturated rings. The molecule has 4 N–H and O–H groups in total. The summed E-state index contributed by atoms with van der Waals surface area (Å²) in [5, 5.41) is 11.5. The third-order valence-electron chi connectivity index (χ3n) is 4.39. The molecule has 0 radical (unpaired) electrons. The molecule has 1 amide bonds. The van der Waals surface area contributed by atoms with Gasteiger partial charge in [-0.2, -0.15) is 0 Å². The summed E-state index contributed by atoms with van der Waals surface area (Å²) in [5.41, 5.74) is 6.07. The van der Waals surface area contributed by atoms with Crippen molar-refractivity contribution in [2.45, 2.75) is 26.3 Å². The van der Waals surface area contributed by atoms with Gasteiger partial charge >= 0.3 is 0 Å². The van der Waals surface area contributed by atoms with E-state index in [0.29, 0.717) is 12.5 Å². The number of hydrazine groups is 1. The summed E-state index contributed by atoms with van der Waals surface area (Å²) in [6, 6.07) is 11.9. The fourth-order valence-corrected chi connectivity index (χ4v) is 3.31. The summed E-state index contributed by atoms with van der Waals surface area (Å²) in [6.45, 7) is 4.42. The molecule has 0 saturated carbocycles. The first-order valence-corrected chi connectivity index (χ1v) is 8.33. The lowest BCUT2D eigenvalue weighted by Crippen LogP contribution is -2.66. The zero-order valence-corrected chi connectivity index (χ0v) is 14.2. The van der Waals surface area contributed by atoms with Crippen LogP contribution in [0, 0.1) is 19.8 Å². The lowest BCUT2D eigenvalue weighted by molar-refractivity contribution is -0.127. The van der Waals surface area contributed by atoms with E-state index >= 15 is 0 Å². The highest BCUT2D eigenvalue weighted by molar-refractivity contribution is 5.82. The molecule has 1 aromatic carbocycles. The maximum Gasteiger partial charge on any atom is 0.230 e. The van der Waals surface area contributed by atoms with E-state index in [1.165, 1.54) is 0 Å². The number of aromatic nitrogens is 2. The Kier molecular flexibility index (Phi) is 3.98. The van der Waals surface area contributed by atoms with Crippen LogP contribution in [0.3, 0.4) is 0 Å². The van der Waals surface area contributed by atoms with Gasteiger partial charge in [0.25, 0.3) is 0 Å². The number of aryl methyl sites for hydroxylation is 2. The quantitative estimate of drug-likeness (QED) is 0.646. The first-order valence-electron chi connectivity index (χ1n) is 8.33. The predicted molar refractivity (Wildman–Crippen MR) is 94.4 cm³/mol. The van der Waals surface area contributed by atoms with Gasteiger partial charge in [-0.1, -0.05) is 18.2 Å². The van der Waals surface area contributed by atoms with Crippen molar-refractivity contribution in [1.82, 2.24) is 26.0 Å². The summed E-state index contributed by atoms with van der Waals surface area (Å²) in [4.78, 5) is 21.2. The van der Waals surface area contributed by atoms with Crippen LogP contribution in [0.5, 0.6) is 0 Å². The van der Waals surface area contributed by atoms with Crippen LogP contribution in [0.2, 0.25) is 0 Å². The van der Waals surface area contributed by atoms with Gasteiger partial charge in [-0.15, -0.1) is 0 Å². The van der Waals surface area contributed by atoms with E-state index in [1.807, 2.05) is 55.3 Å². The van der Waals surface area contributed by atoms with Crippen molar-refractivity contribution in [3.05, 3.63) is 47.8 Å². The molecule has 2 aromatic rings. The first-order chi connectivity index (χ1) is 12.1. The van der Waals surface area contributed by atoms with Crippen LogP contribution in [0.1, 0.15) is 11.4 Å². The van der Waals surface area contributed by atoms with E-state index in [2.05, 4.69) is 31.3 Å². The fraction of sp³-hybridized carbons (Fsp3) is 0.353. The number of benzene rings is 1. The molecule has 25 heavy (non-hydrogen) atoms. The number of hydrogen-bond acceptors (Lipinski definition) is 7. The molecule has 2 aliphatic heterocycles. The van der Waals surface area contributed by atoms with Crippen LogP contribution in [-0.2, 0) is 4.79 Å². The summed E-state index contributed by atoms with van der Waals surface area (Å²) in [7, 11) is 0. The van der Waals surface area contributed by atoms with Gasteiger partial charge in [0.2, 0.25) is 11.9 Å². The molecule has 3 heterocycles. The van der Waals surface area contributed by atoms with Crippen molar-refractivity contribution in [2.75, 3.05) is 16.9 Å². The zero-order chi connectivity index (χ0) is 17.4. The Labute approximate surface area is 146 Å². The summed E-state index contributed by atoms with van der Waals surface area (Å²) < 4.78 is 0. The Hall–Kier alpha value is -2.71. The zero-order valence-electron chi connectivity index (χ0n) is 14.2. The van der Waals surface area contributed by atoms with Gasteiger partial charge in [-0.25, -0.2) is 15.4 Å². The van der Waals surface area contributed by atoms with E-state index in [9.17, 15) is 4.79 Å². The van der Waals surface area contributed by atoms with Gasteiger partial charge in [0.1, 0.15) is 6.17 Å². The minimum atomic E-state index is -0.443. The molecule has 8 heteroatoms. The van der Waals surface area contributed by atoms with Crippen LogP contribution in [0.25, 0.3) is 0 Å². The number of para-hydroxylation sites is 1. The minimum Gasteiger partial charge on any atom is -0.323 e. The van der Waals surface area contributed by atoms with Crippen LogP contribution in [0.4, 0.5) is 11.6 Å². The van der Waals surface area contributed by atoms with Crippen LogP contribution in [-0.4, -0.2) is 34.9 Å². The van der Waals surface area contributed by atoms with Gasteiger partial charge in [0, 0.05) is 17.9 Å². The highest BCUT2D eigenvalue weighted by Crippen LogP contribution is 2.24. The van der Waals surface area contributed by atoms with Crippen molar-refractivity contribution in [2.24, 2.45) is 5.92 Å². The number of anilines is 2. The maximum atomic E-state index is 12.5. The molecular formula is C17H21N7O. The molecule has 2 aliphatic rings. The SMILES string of the molecule is Cc1cc(C)nc(NC2NC(=O)C3CNN(c4ccccc4)C3N2)n1. The van der Waals surface area contributed by atoms with Crippen molar-refractivity contribution in [3.63, 3.8) is 0 Å². The predicted octanol–water partition coefficient (Wildman–Crippen LogP) is 0.475. The minimum absolute atomic E-state index is 0.00319. The van der Waals surface area contributed by atoms with Gasteiger partial charge in [-0.05, 0) is 32.0 Å². The molecular weight excluding hydrogens is 318 g/mol. The number of amides is 1. The Bertz CT molecular complexity index is 762. The second-order valence-corrected chi connectivity index (χ2v) is 6.35. The standard InChI is InChI=1S/C17H21N7O/c1-10-8-11(2)20-16(19-10)23-17-21-14-13(15(25)22-17)9-18-24(14)12-6-4-3-5-7-12/h3-8,13-14,17-18,21H,9H2,1-2H3,(H,22,25)(H,19,20,23). The lowest BCUT2D eigenvalue weighted by atomic mass is 10.0. The Morgan fingerprint density at radius 3 is 2.60 bits per heavy atom. The molecule has 0 aliphatic carbocycles. The third-order valence-corrected chi connectivity index (χ3v) is 4.39. The third kappa shape index (κ3) is 3.13. The van der Waals surface area contributed by atoms with E-state index in [0.717, 1.165) is 17.1 Å². The number of nitrogens with one attached hydrogen (secondary N) is 4. The Balaban J connectivity index is 1.53. The molecule has 8 nitrogen and oxygen atoms in total. The average Bonchev–Trinajstić information content (AvgIpc) is 2.99. The normalized spacial score (nSPS) is 25.4. The van der Waals surface area contributed by atoms with E-state index in [4.69, 9.17) is 0 Å².